The average Bonchev–Trinajstić information content (AvgIpc) is 3.17. The van der Waals surface area contributed by atoms with Crippen molar-refractivity contribution in [2.45, 2.75) is 33.3 Å². The SMILES string of the molecule is COC1=C(CC=C(C)CP(=O)(Oc2ccccc2)OC(C)C(=O)O)C(O)=C2C(=O)OC=C2C1C. The number of esters is 1. The van der Waals surface area contributed by atoms with Crippen molar-refractivity contribution < 1.29 is 42.9 Å². The van der Waals surface area contributed by atoms with Crippen molar-refractivity contribution in [3.8, 4) is 5.75 Å². The summed E-state index contributed by atoms with van der Waals surface area (Å²) in [5, 5.41) is 20.0. The van der Waals surface area contributed by atoms with Crippen LogP contribution in [0.25, 0.3) is 0 Å². The number of hydrogen-bond acceptors (Lipinski definition) is 8. The molecule has 1 heterocycles. The molecule has 3 atom stereocenters. The van der Waals surface area contributed by atoms with Crippen molar-refractivity contribution in [2.24, 2.45) is 5.92 Å². The van der Waals surface area contributed by atoms with Crippen LogP contribution in [-0.4, -0.2) is 41.5 Å². The van der Waals surface area contributed by atoms with Crippen LogP contribution in [0.3, 0.4) is 0 Å². The Labute approximate surface area is 197 Å². The van der Waals surface area contributed by atoms with E-state index in [2.05, 4.69) is 0 Å². The summed E-state index contributed by atoms with van der Waals surface area (Å²) in [6, 6.07) is 8.33. The maximum Gasteiger partial charge on any atom is 0.384 e. The van der Waals surface area contributed by atoms with Gasteiger partial charge in [-0.25, -0.2) is 14.2 Å². The molecule has 1 aliphatic heterocycles. The molecule has 1 aliphatic carbocycles. The first kappa shape index (κ1) is 25.3. The van der Waals surface area contributed by atoms with Gasteiger partial charge in [0, 0.05) is 17.1 Å². The first-order chi connectivity index (χ1) is 16.1. The Hall–Kier alpha value is -3.29. The standard InChI is InChI=1S/C24H27O9P/c1-14(13-34(29,32-16(3)23(26)27)33-17-8-6-5-7-9-17)10-11-18-21(25)20-19(12-31-24(20)28)15(2)22(18)30-4/h5-10,12,15-16,25H,11,13H2,1-4H3,(H,26,27). The number of rotatable bonds is 10. The molecule has 9 nitrogen and oxygen atoms in total. The molecule has 0 bridgehead atoms. The van der Waals surface area contributed by atoms with Crippen LogP contribution in [0.5, 0.6) is 5.75 Å². The van der Waals surface area contributed by atoms with E-state index in [0.29, 0.717) is 22.5 Å². The fraction of sp³-hybridized carbons (Fsp3) is 0.333. The number of benzene rings is 1. The van der Waals surface area contributed by atoms with Crippen LogP contribution in [-0.2, 0) is 28.2 Å². The summed E-state index contributed by atoms with van der Waals surface area (Å²) < 4.78 is 34.9. The van der Waals surface area contributed by atoms with Gasteiger partial charge in [0.2, 0.25) is 0 Å². The van der Waals surface area contributed by atoms with E-state index in [4.69, 9.17) is 18.5 Å². The van der Waals surface area contributed by atoms with Crippen LogP contribution in [0.2, 0.25) is 0 Å². The molecule has 2 N–H and O–H groups in total. The third-order valence-corrected chi connectivity index (χ3v) is 7.45. The van der Waals surface area contributed by atoms with Crippen LogP contribution in [0, 0.1) is 5.92 Å². The Bertz CT molecular complexity index is 1140. The number of fused-ring (bicyclic) bond motifs is 1. The highest BCUT2D eigenvalue weighted by Crippen LogP contribution is 2.51. The van der Waals surface area contributed by atoms with E-state index in [-0.39, 0.29) is 35.6 Å². The minimum atomic E-state index is -3.91. The second-order valence-electron chi connectivity index (χ2n) is 7.98. The van der Waals surface area contributed by atoms with Gasteiger partial charge in [-0.15, -0.1) is 0 Å². The van der Waals surface area contributed by atoms with Crippen LogP contribution in [0.4, 0.5) is 0 Å². The Morgan fingerprint density at radius 2 is 1.97 bits per heavy atom. The second-order valence-corrected chi connectivity index (χ2v) is 9.92. The summed E-state index contributed by atoms with van der Waals surface area (Å²) in [6.45, 7) is 4.80. The number of aliphatic hydroxyl groups is 1. The molecule has 3 rings (SSSR count). The molecule has 3 unspecified atom stereocenters. The van der Waals surface area contributed by atoms with Crippen molar-refractivity contribution in [3.63, 3.8) is 0 Å². The molecule has 2 aliphatic rings. The van der Waals surface area contributed by atoms with Gasteiger partial charge in [-0.05, 0) is 32.4 Å². The highest BCUT2D eigenvalue weighted by Gasteiger charge is 2.39. The zero-order valence-corrected chi connectivity index (χ0v) is 20.2. The fourth-order valence-corrected chi connectivity index (χ4v) is 5.67. The summed E-state index contributed by atoms with van der Waals surface area (Å²) >= 11 is 0. The highest BCUT2D eigenvalue weighted by atomic mass is 31.2. The molecule has 10 heteroatoms. The number of carboxylic acid groups (broad SMARTS) is 1. The van der Waals surface area contributed by atoms with Gasteiger partial charge in [0.25, 0.3) is 0 Å². The van der Waals surface area contributed by atoms with E-state index in [1.54, 1.807) is 43.3 Å². The predicted molar refractivity (Wildman–Crippen MR) is 123 cm³/mol. The molecule has 182 valence electrons. The minimum Gasteiger partial charge on any atom is -0.507 e. The van der Waals surface area contributed by atoms with Crippen molar-refractivity contribution in [3.05, 3.63) is 76.5 Å². The molecule has 34 heavy (non-hydrogen) atoms. The maximum absolute atomic E-state index is 13.5. The van der Waals surface area contributed by atoms with Crippen molar-refractivity contribution in [1.82, 2.24) is 0 Å². The number of ether oxygens (including phenoxy) is 2. The van der Waals surface area contributed by atoms with E-state index in [1.165, 1.54) is 20.3 Å². The lowest BCUT2D eigenvalue weighted by atomic mass is 9.83. The quantitative estimate of drug-likeness (QED) is 0.268. The van der Waals surface area contributed by atoms with Gasteiger partial charge in [0.1, 0.15) is 22.8 Å². The van der Waals surface area contributed by atoms with E-state index >= 15 is 0 Å². The molecule has 1 aromatic rings. The predicted octanol–water partition coefficient (Wildman–Crippen LogP) is 4.89. The van der Waals surface area contributed by atoms with E-state index in [1.807, 2.05) is 6.92 Å². The molecule has 0 aromatic heterocycles. The van der Waals surface area contributed by atoms with Crippen LogP contribution in [0.15, 0.2) is 76.5 Å². The molecule has 0 spiro atoms. The first-order valence-corrected chi connectivity index (χ1v) is 12.3. The Kier molecular flexibility index (Phi) is 7.69. The number of aliphatic carboxylic acids is 1. The third kappa shape index (κ3) is 5.43. The molecule has 0 saturated heterocycles. The molecular weight excluding hydrogens is 463 g/mol. The Balaban J connectivity index is 1.86. The van der Waals surface area contributed by atoms with E-state index in [0.717, 1.165) is 0 Å². The molecule has 0 saturated carbocycles. The van der Waals surface area contributed by atoms with Gasteiger partial charge in [0.15, 0.2) is 6.10 Å². The fourth-order valence-electron chi connectivity index (χ4n) is 3.74. The number of carbonyl (C=O) groups excluding carboxylic acids is 1. The van der Waals surface area contributed by atoms with E-state index in [9.17, 15) is 24.4 Å². The number of cyclic esters (lactones) is 1. The Morgan fingerprint density at radius 3 is 2.59 bits per heavy atom. The molecule has 1 aromatic carbocycles. The lowest BCUT2D eigenvalue weighted by Crippen LogP contribution is -2.21. The summed E-state index contributed by atoms with van der Waals surface area (Å²) in [5.41, 5.74) is 1.62. The zero-order valence-electron chi connectivity index (χ0n) is 19.3. The van der Waals surface area contributed by atoms with Gasteiger partial charge < -0.3 is 24.2 Å². The lowest BCUT2D eigenvalue weighted by molar-refractivity contribution is -0.144. The summed E-state index contributed by atoms with van der Waals surface area (Å²) in [7, 11) is -2.43. The average molecular weight is 490 g/mol. The summed E-state index contributed by atoms with van der Waals surface area (Å²) in [4.78, 5) is 23.4. The largest absolute Gasteiger partial charge is 0.507 e. The normalized spacial score (nSPS) is 20.8. The van der Waals surface area contributed by atoms with Crippen molar-refractivity contribution in [2.75, 3.05) is 13.3 Å². The van der Waals surface area contributed by atoms with Gasteiger partial charge >= 0.3 is 19.5 Å². The van der Waals surface area contributed by atoms with Gasteiger partial charge in [-0.1, -0.05) is 36.8 Å². The number of aliphatic hydroxyl groups excluding tert-OH is 1. The number of carboxylic acids is 1. The number of allylic oxidation sites excluding steroid dienone is 4. The lowest BCUT2D eigenvalue weighted by Gasteiger charge is -2.25. The first-order valence-electron chi connectivity index (χ1n) is 10.6. The maximum atomic E-state index is 13.5. The third-order valence-electron chi connectivity index (χ3n) is 5.44. The molecular formula is C24H27O9P. The van der Waals surface area contributed by atoms with Crippen molar-refractivity contribution in [1.29, 1.82) is 0 Å². The van der Waals surface area contributed by atoms with Crippen molar-refractivity contribution >= 4 is 19.5 Å². The summed E-state index contributed by atoms with van der Waals surface area (Å²) in [6.07, 6.45) is 1.64. The molecule has 0 amide bonds. The number of para-hydroxylation sites is 1. The van der Waals surface area contributed by atoms with Gasteiger partial charge in [0.05, 0.1) is 19.5 Å². The molecule has 0 radical (unpaired) electrons. The number of methoxy groups -OCH3 is 1. The Morgan fingerprint density at radius 1 is 1.29 bits per heavy atom. The van der Waals surface area contributed by atoms with Gasteiger partial charge in [-0.2, -0.15) is 0 Å². The monoisotopic (exact) mass is 490 g/mol. The smallest absolute Gasteiger partial charge is 0.384 e. The zero-order chi connectivity index (χ0) is 25.0. The van der Waals surface area contributed by atoms with Crippen LogP contribution < -0.4 is 4.52 Å². The minimum absolute atomic E-state index is 0.103. The van der Waals surface area contributed by atoms with Crippen LogP contribution in [0.1, 0.15) is 27.2 Å². The topological polar surface area (TPSA) is 129 Å². The summed E-state index contributed by atoms with van der Waals surface area (Å²) in [5.74, 6) is -1.68. The number of carbonyl (C=O) groups is 2. The highest BCUT2D eigenvalue weighted by molar-refractivity contribution is 7.54. The molecule has 0 fully saturated rings. The number of hydrogen-bond donors (Lipinski definition) is 2. The second kappa shape index (κ2) is 10.3. The van der Waals surface area contributed by atoms with Gasteiger partial charge in [-0.3, -0.25) is 4.52 Å². The van der Waals surface area contributed by atoms with E-state index < -0.39 is 25.6 Å². The van der Waals surface area contributed by atoms with Crippen LogP contribution >= 0.6 is 7.60 Å².